The highest BCUT2D eigenvalue weighted by atomic mass is 32.1. The highest BCUT2D eigenvalue weighted by Gasteiger charge is 2.05. The molecule has 1 heterocycles. The first-order valence-corrected chi connectivity index (χ1v) is 6.17. The Balaban J connectivity index is 2.01. The summed E-state index contributed by atoms with van der Waals surface area (Å²) in [6, 6.07) is 4.97. The lowest BCUT2D eigenvalue weighted by Crippen LogP contribution is -2.05. The predicted molar refractivity (Wildman–Crippen MR) is 65.6 cm³/mol. The summed E-state index contributed by atoms with van der Waals surface area (Å²) in [5.74, 6) is -0.0779. The van der Waals surface area contributed by atoms with Crippen molar-refractivity contribution in [2.24, 2.45) is 0 Å². The topological polar surface area (TPSA) is 34.1 Å². The van der Waals surface area contributed by atoms with E-state index in [2.05, 4.69) is 10.3 Å². The maximum Gasteiger partial charge on any atom is 0.165 e. The lowest BCUT2D eigenvalue weighted by atomic mass is 10.2. The minimum atomic E-state index is -0.340. The van der Waals surface area contributed by atoms with E-state index in [1.807, 2.05) is 18.5 Å². The number of benzene rings is 1. The monoisotopic (exact) mass is 252 g/mol. The number of hydrogen-bond acceptors (Lipinski definition) is 4. The van der Waals surface area contributed by atoms with Crippen LogP contribution in [0.15, 0.2) is 29.1 Å². The normalized spacial score (nSPS) is 10.5. The summed E-state index contributed by atoms with van der Waals surface area (Å²) < 4.78 is 19.0. The summed E-state index contributed by atoms with van der Waals surface area (Å²) >= 11 is 1.49. The maximum atomic E-state index is 13.6. The number of ether oxygens (including phenoxy) is 1. The standard InChI is InChI=1S/C12H13FN2OS/c1-14-5-9-2-3-12(11(13)4-9)16-6-10-7-17-8-15-10/h2-4,7-8,14H,5-6H2,1H3. The van der Waals surface area contributed by atoms with Gasteiger partial charge in [-0.05, 0) is 24.7 Å². The molecule has 0 saturated heterocycles. The second-order valence-electron chi connectivity index (χ2n) is 3.56. The number of aromatic nitrogens is 1. The van der Waals surface area contributed by atoms with Gasteiger partial charge < -0.3 is 10.1 Å². The Morgan fingerprint density at radius 1 is 1.47 bits per heavy atom. The third kappa shape index (κ3) is 3.25. The van der Waals surface area contributed by atoms with Crippen LogP contribution in [0.25, 0.3) is 0 Å². The van der Waals surface area contributed by atoms with Crippen LogP contribution in [0, 0.1) is 5.82 Å². The Bertz CT molecular complexity index is 473. The van der Waals surface area contributed by atoms with Gasteiger partial charge in [0.05, 0.1) is 11.2 Å². The number of halogens is 1. The molecule has 17 heavy (non-hydrogen) atoms. The summed E-state index contributed by atoms with van der Waals surface area (Å²) in [5.41, 5.74) is 3.44. The summed E-state index contributed by atoms with van der Waals surface area (Å²) in [5, 5.41) is 4.85. The number of thiazole rings is 1. The van der Waals surface area contributed by atoms with Crippen LogP contribution in [-0.4, -0.2) is 12.0 Å². The van der Waals surface area contributed by atoms with E-state index >= 15 is 0 Å². The van der Waals surface area contributed by atoms with Crippen LogP contribution in [0.3, 0.4) is 0 Å². The molecule has 0 spiro atoms. The zero-order valence-electron chi connectivity index (χ0n) is 9.44. The van der Waals surface area contributed by atoms with Crippen molar-refractivity contribution in [2.75, 3.05) is 7.05 Å². The van der Waals surface area contributed by atoms with E-state index in [0.717, 1.165) is 11.3 Å². The third-order valence-corrected chi connectivity index (χ3v) is 2.87. The zero-order valence-corrected chi connectivity index (χ0v) is 10.3. The van der Waals surface area contributed by atoms with Gasteiger partial charge in [0.1, 0.15) is 6.61 Å². The fourth-order valence-electron chi connectivity index (χ4n) is 1.44. The molecule has 0 radical (unpaired) electrons. The van der Waals surface area contributed by atoms with Gasteiger partial charge in [-0.1, -0.05) is 6.07 Å². The van der Waals surface area contributed by atoms with Crippen molar-refractivity contribution in [3.63, 3.8) is 0 Å². The van der Waals surface area contributed by atoms with Crippen molar-refractivity contribution in [3.8, 4) is 5.75 Å². The molecule has 0 bridgehead atoms. The molecule has 0 fully saturated rings. The average Bonchev–Trinajstić information content (AvgIpc) is 2.81. The molecular formula is C12H13FN2OS. The van der Waals surface area contributed by atoms with Gasteiger partial charge >= 0.3 is 0 Å². The van der Waals surface area contributed by atoms with Crippen molar-refractivity contribution in [1.29, 1.82) is 0 Å². The summed E-state index contributed by atoms with van der Waals surface area (Å²) in [7, 11) is 1.82. The molecular weight excluding hydrogens is 239 g/mol. The van der Waals surface area contributed by atoms with Crippen molar-refractivity contribution in [2.45, 2.75) is 13.2 Å². The molecule has 0 aliphatic carbocycles. The molecule has 2 rings (SSSR count). The second-order valence-corrected chi connectivity index (χ2v) is 4.28. The van der Waals surface area contributed by atoms with Crippen LogP contribution in [0.5, 0.6) is 5.75 Å². The van der Waals surface area contributed by atoms with Gasteiger partial charge in [-0.25, -0.2) is 9.37 Å². The fourth-order valence-corrected chi connectivity index (χ4v) is 1.98. The largest absolute Gasteiger partial charge is 0.484 e. The molecule has 1 N–H and O–H groups in total. The number of rotatable bonds is 5. The van der Waals surface area contributed by atoms with Gasteiger partial charge in [0, 0.05) is 11.9 Å². The van der Waals surface area contributed by atoms with E-state index in [-0.39, 0.29) is 11.6 Å². The third-order valence-electron chi connectivity index (χ3n) is 2.24. The number of nitrogens with zero attached hydrogens (tertiary/aromatic N) is 1. The zero-order chi connectivity index (χ0) is 12.1. The van der Waals surface area contributed by atoms with E-state index in [1.165, 1.54) is 17.4 Å². The van der Waals surface area contributed by atoms with Crippen molar-refractivity contribution in [3.05, 3.63) is 46.2 Å². The van der Waals surface area contributed by atoms with Gasteiger partial charge in [-0.15, -0.1) is 11.3 Å². The van der Waals surface area contributed by atoms with E-state index in [1.54, 1.807) is 11.6 Å². The van der Waals surface area contributed by atoms with E-state index in [0.29, 0.717) is 13.2 Å². The minimum Gasteiger partial charge on any atom is -0.484 e. The van der Waals surface area contributed by atoms with Crippen LogP contribution >= 0.6 is 11.3 Å². The Kier molecular flexibility index (Phi) is 4.06. The van der Waals surface area contributed by atoms with Crippen LogP contribution in [0.2, 0.25) is 0 Å². The van der Waals surface area contributed by atoms with Gasteiger partial charge in [0.2, 0.25) is 0 Å². The van der Waals surface area contributed by atoms with Gasteiger partial charge in [0.25, 0.3) is 0 Å². The van der Waals surface area contributed by atoms with Crippen LogP contribution in [-0.2, 0) is 13.2 Å². The first-order chi connectivity index (χ1) is 8.29. The molecule has 0 aliphatic heterocycles. The average molecular weight is 252 g/mol. The van der Waals surface area contributed by atoms with Crippen molar-refractivity contribution in [1.82, 2.24) is 10.3 Å². The van der Waals surface area contributed by atoms with Gasteiger partial charge in [-0.2, -0.15) is 0 Å². The maximum absolute atomic E-state index is 13.6. The Morgan fingerprint density at radius 3 is 3.00 bits per heavy atom. The van der Waals surface area contributed by atoms with Crippen molar-refractivity contribution >= 4 is 11.3 Å². The predicted octanol–water partition coefficient (Wildman–Crippen LogP) is 2.58. The van der Waals surface area contributed by atoms with Crippen LogP contribution in [0.4, 0.5) is 4.39 Å². The highest BCUT2D eigenvalue weighted by molar-refractivity contribution is 7.07. The molecule has 5 heteroatoms. The van der Waals surface area contributed by atoms with Gasteiger partial charge in [-0.3, -0.25) is 0 Å². The Morgan fingerprint density at radius 2 is 2.35 bits per heavy atom. The van der Waals surface area contributed by atoms with Crippen LogP contribution < -0.4 is 10.1 Å². The minimum absolute atomic E-state index is 0.262. The van der Waals surface area contributed by atoms with Gasteiger partial charge in [0.15, 0.2) is 11.6 Å². The smallest absolute Gasteiger partial charge is 0.165 e. The number of nitrogens with one attached hydrogen (secondary N) is 1. The second kappa shape index (κ2) is 5.75. The van der Waals surface area contributed by atoms with Crippen molar-refractivity contribution < 1.29 is 9.13 Å². The molecule has 1 aromatic carbocycles. The van der Waals surface area contributed by atoms with E-state index in [9.17, 15) is 4.39 Å². The summed E-state index contributed by atoms with van der Waals surface area (Å²) in [6.45, 7) is 0.940. The molecule has 0 aliphatic rings. The molecule has 0 unspecified atom stereocenters. The molecule has 1 aromatic heterocycles. The Hall–Kier alpha value is -1.46. The first kappa shape index (κ1) is 12.0. The fraction of sp³-hybridized carbons (Fsp3) is 0.250. The molecule has 0 saturated carbocycles. The van der Waals surface area contributed by atoms with Crippen LogP contribution in [0.1, 0.15) is 11.3 Å². The van der Waals surface area contributed by atoms with E-state index in [4.69, 9.17) is 4.74 Å². The highest BCUT2D eigenvalue weighted by Crippen LogP contribution is 2.19. The number of hydrogen-bond donors (Lipinski definition) is 1. The first-order valence-electron chi connectivity index (χ1n) is 5.22. The van der Waals surface area contributed by atoms with E-state index < -0.39 is 0 Å². The molecule has 3 nitrogen and oxygen atoms in total. The summed E-state index contributed by atoms with van der Waals surface area (Å²) in [6.07, 6.45) is 0. The molecule has 0 atom stereocenters. The lowest BCUT2D eigenvalue weighted by molar-refractivity contribution is 0.286. The molecule has 0 amide bonds. The summed E-state index contributed by atoms with van der Waals surface area (Å²) in [4.78, 5) is 4.07. The quantitative estimate of drug-likeness (QED) is 0.888. The molecule has 90 valence electrons. The lowest BCUT2D eigenvalue weighted by Gasteiger charge is -2.07. The SMILES string of the molecule is CNCc1ccc(OCc2cscn2)c(F)c1. The molecule has 2 aromatic rings. The Labute approximate surface area is 103 Å².